The SMILES string of the molecule is N#Cc1c(NC(=O)C2CCCC2)sc2c1CCCCC2. The molecule has 106 valence electrons. The number of fused-ring (bicyclic) bond motifs is 1. The molecule has 1 amide bonds. The fourth-order valence-corrected chi connectivity index (χ4v) is 4.59. The summed E-state index contributed by atoms with van der Waals surface area (Å²) in [4.78, 5) is 13.6. The molecule has 0 bridgehead atoms. The molecule has 0 aromatic carbocycles. The average molecular weight is 288 g/mol. The van der Waals surface area contributed by atoms with Crippen LogP contribution in [0.2, 0.25) is 0 Å². The van der Waals surface area contributed by atoms with Gasteiger partial charge in [-0.25, -0.2) is 0 Å². The number of rotatable bonds is 2. The predicted molar refractivity (Wildman–Crippen MR) is 80.9 cm³/mol. The van der Waals surface area contributed by atoms with Gasteiger partial charge in [-0.1, -0.05) is 19.3 Å². The molecule has 1 fully saturated rings. The molecule has 4 heteroatoms. The number of amides is 1. The van der Waals surface area contributed by atoms with Crippen molar-refractivity contribution in [3.8, 4) is 6.07 Å². The average Bonchev–Trinajstić information content (AvgIpc) is 3.02. The van der Waals surface area contributed by atoms with Crippen molar-refractivity contribution in [3.63, 3.8) is 0 Å². The van der Waals surface area contributed by atoms with Gasteiger partial charge in [0.1, 0.15) is 11.1 Å². The molecule has 1 aromatic rings. The van der Waals surface area contributed by atoms with Crippen LogP contribution in [-0.2, 0) is 17.6 Å². The van der Waals surface area contributed by atoms with E-state index in [1.165, 1.54) is 23.3 Å². The van der Waals surface area contributed by atoms with Crippen LogP contribution in [0.5, 0.6) is 0 Å². The molecule has 1 N–H and O–H groups in total. The lowest BCUT2D eigenvalue weighted by Gasteiger charge is -2.09. The summed E-state index contributed by atoms with van der Waals surface area (Å²) in [5.41, 5.74) is 1.94. The number of nitriles is 1. The van der Waals surface area contributed by atoms with Gasteiger partial charge in [0, 0.05) is 10.8 Å². The molecule has 0 unspecified atom stereocenters. The molecule has 0 saturated heterocycles. The van der Waals surface area contributed by atoms with Crippen LogP contribution in [0, 0.1) is 17.2 Å². The van der Waals surface area contributed by atoms with Crippen molar-refractivity contribution in [1.82, 2.24) is 0 Å². The van der Waals surface area contributed by atoms with Gasteiger partial charge in [0.25, 0.3) is 0 Å². The van der Waals surface area contributed by atoms with E-state index in [-0.39, 0.29) is 11.8 Å². The van der Waals surface area contributed by atoms with Gasteiger partial charge in [-0.15, -0.1) is 11.3 Å². The first-order valence-corrected chi connectivity index (χ1v) is 8.46. The largest absolute Gasteiger partial charge is 0.316 e. The summed E-state index contributed by atoms with van der Waals surface area (Å²) < 4.78 is 0. The molecule has 2 aliphatic rings. The van der Waals surface area contributed by atoms with Crippen molar-refractivity contribution in [2.75, 3.05) is 5.32 Å². The summed E-state index contributed by atoms with van der Waals surface area (Å²) in [6.07, 6.45) is 9.98. The number of nitrogens with zero attached hydrogens (tertiary/aromatic N) is 1. The molecular formula is C16H20N2OS. The zero-order valence-electron chi connectivity index (χ0n) is 11.7. The van der Waals surface area contributed by atoms with Gasteiger partial charge in [-0.2, -0.15) is 5.26 Å². The van der Waals surface area contributed by atoms with Crippen molar-refractivity contribution in [2.24, 2.45) is 5.92 Å². The van der Waals surface area contributed by atoms with Crippen molar-refractivity contribution in [1.29, 1.82) is 5.26 Å². The molecule has 0 spiro atoms. The van der Waals surface area contributed by atoms with Gasteiger partial charge in [0.2, 0.25) is 5.91 Å². The van der Waals surface area contributed by atoms with E-state index in [1.54, 1.807) is 11.3 Å². The Bertz CT molecular complexity index is 550. The first kappa shape index (κ1) is 13.6. The molecule has 1 aromatic heterocycles. The van der Waals surface area contributed by atoms with E-state index >= 15 is 0 Å². The maximum Gasteiger partial charge on any atom is 0.228 e. The first-order chi connectivity index (χ1) is 9.79. The number of thiophene rings is 1. The minimum absolute atomic E-state index is 0.121. The lowest BCUT2D eigenvalue weighted by atomic mass is 10.1. The lowest BCUT2D eigenvalue weighted by molar-refractivity contribution is -0.119. The molecule has 2 aliphatic carbocycles. The summed E-state index contributed by atoms with van der Waals surface area (Å²) in [5, 5.41) is 13.3. The van der Waals surface area contributed by atoms with E-state index in [0.717, 1.165) is 55.5 Å². The highest BCUT2D eigenvalue weighted by molar-refractivity contribution is 7.16. The van der Waals surface area contributed by atoms with E-state index < -0.39 is 0 Å². The summed E-state index contributed by atoms with van der Waals surface area (Å²) in [5.74, 6) is 0.277. The Labute approximate surface area is 124 Å². The van der Waals surface area contributed by atoms with Crippen molar-refractivity contribution >= 4 is 22.2 Å². The third kappa shape index (κ3) is 2.60. The number of hydrogen-bond donors (Lipinski definition) is 1. The fraction of sp³-hybridized carbons (Fsp3) is 0.625. The summed E-state index contributed by atoms with van der Waals surface area (Å²) in [6, 6.07) is 2.32. The van der Waals surface area contributed by atoms with Crippen molar-refractivity contribution in [2.45, 2.75) is 57.8 Å². The van der Waals surface area contributed by atoms with Crippen molar-refractivity contribution < 1.29 is 4.79 Å². The quantitative estimate of drug-likeness (QED) is 0.836. The number of anilines is 1. The fourth-order valence-electron chi connectivity index (χ4n) is 3.35. The Morgan fingerprint density at radius 2 is 1.90 bits per heavy atom. The number of nitrogens with one attached hydrogen (secondary N) is 1. The topological polar surface area (TPSA) is 52.9 Å². The normalized spacial score (nSPS) is 19.1. The van der Waals surface area contributed by atoms with Crippen LogP contribution in [0.25, 0.3) is 0 Å². The Kier molecular flexibility index (Phi) is 4.07. The highest BCUT2D eigenvalue weighted by Gasteiger charge is 2.26. The number of aryl methyl sites for hydroxylation is 1. The highest BCUT2D eigenvalue weighted by atomic mass is 32.1. The molecule has 3 rings (SSSR count). The predicted octanol–water partition coefficient (Wildman–Crippen LogP) is 4.02. The van der Waals surface area contributed by atoms with Crippen LogP contribution in [-0.4, -0.2) is 5.91 Å². The molecular weight excluding hydrogens is 268 g/mol. The first-order valence-electron chi connectivity index (χ1n) is 7.65. The maximum atomic E-state index is 12.2. The zero-order valence-corrected chi connectivity index (χ0v) is 12.5. The summed E-state index contributed by atoms with van der Waals surface area (Å²) in [6.45, 7) is 0. The van der Waals surface area contributed by atoms with Gasteiger partial charge < -0.3 is 5.32 Å². The second-order valence-electron chi connectivity index (χ2n) is 5.85. The van der Waals surface area contributed by atoms with Crippen LogP contribution in [0.15, 0.2) is 0 Å². The minimum atomic E-state index is 0.121. The zero-order chi connectivity index (χ0) is 13.9. The smallest absolute Gasteiger partial charge is 0.228 e. The van der Waals surface area contributed by atoms with E-state index in [2.05, 4.69) is 11.4 Å². The number of hydrogen-bond acceptors (Lipinski definition) is 3. The summed E-state index contributed by atoms with van der Waals surface area (Å²) in [7, 11) is 0. The van der Waals surface area contributed by atoms with Crippen LogP contribution in [0.1, 0.15) is 60.9 Å². The highest BCUT2D eigenvalue weighted by Crippen LogP contribution is 2.37. The third-order valence-electron chi connectivity index (χ3n) is 4.50. The monoisotopic (exact) mass is 288 g/mol. The molecule has 0 radical (unpaired) electrons. The van der Waals surface area contributed by atoms with Gasteiger partial charge in [0.05, 0.1) is 5.56 Å². The molecule has 1 saturated carbocycles. The number of carbonyl (C=O) groups is 1. The van der Waals surface area contributed by atoms with Crippen LogP contribution in [0.4, 0.5) is 5.00 Å². The van der Waals surface area contributed by atoms with Crippen LogP contribution in [0.3, 0.4) is 0 Å². The van der Waals surface area contributed by atoms with Gasteiger partial charge in [-0.05, 0) is 44.1 Å². The van der Waals surface area contributed by atoms with Crippen LogP contribution < -0.4 is 5.32 Å². The van der Waals surface area contributed by atoms with E-state index in [0.29, 0.717) is 0 Å². The summed E-state index contributed by atoms with van der Waals surface area (Å²) >= 11 is 1.63. The molecule has 20 heavy (non-hydrogen) atoms. The van der Waals surface area contributed by atoms with E-state index in [9.17, 15) is 10.1 Å². The van der Waals surface area contributed by atoms with Crippen molar-refractivity contribution in [3.05, 3.63) is 16.0 Å². The Morgan fingerprint density at radius 1 is 1.15 bits per heavy atom. The lowest BCUT2D eigenvalue weighted by Crippen LogP contribution is -2.20. The van der Waals surface area contributed by atoms with Gasteiger partial charge >= 0.3 is 0 Å². The van der Waals surface area contributed by atoms with Crippen LogP contribution >= 0.6 is 11.3 Å². The Hall–Kier alpha value is -1.34. The van der Waals surface area contributed by atoms with Gasteiger partial charge in [0.15, 0.2) is 0 Å². The van der Waals surface area contributed by atoms with Gasteiger partial charge in [-0.3, -0.25) is 4.79 Å². The second kappa shape index (κ2) is 5.97. The van der Waals surface area contributed by atoms with E-state index in [1.807, 2.05) is 0 Å². The van der Waals surface area contributed by atoms with E-state index in [4.69, 9.17) is 0 Å². The Morgan fingerprint density at radius 3 is 2.65 bits per heavy atom. The number of carbonyl (C=O) groups excluding carboxylic acids is 1. The molecule has 0 aliphatic heterocycles. The third-order valence-corrected chi connectivity index (χ3v) is 5.70. The Balaban J connectivity index is 1.82. The maximum absolute atomic E-state index is 12.2. The molecule has 0 atom stereocenters. The standard InChI is InChI=1S/C16H20N2OS/c17-10-13-12-8-2-1-3-9-14(12)20-16(13)18-15(19)11-6-4-5-7-11/h11H,1-9H2,(H,18,19). The molecule has 1 heterocycles. The second-order valence-corrected chi connectivity index (χ2v) is 6.96. The molecule has 3 nitrogen and oxygen atoms in total. The minimum Gasteiger partial charge on any atom is -0.316 e.